The van der Waals surface area contributed by atoms with Crippen LogP contribution in [0.3, 0.4) is 0 Å². The van der Waals surface area contributed by atoms with Crippen LogP contribution in [0.5, 0.6) is 23.0 Å². The Morgan fingerprint density at radius 2 is 0.539 bits per heavy atom. The van der Waals surface area contributed by atoms with Gasteiger partial charge in [0, 0.05) is 51.9 Å². The topological polar surface area (TPSA) is 715 Å². The van der Waals surface area contributed by atoms with E-state index in [1.165, 1.54) is 109 Å². The Balaban J connectivity index is -0.0000000824. The van der Waals surface area contributed by atoms with Crippen LogP contribution in [-0.4, -0.2) is 165 Å². The van der Waals surface area contributed by atoms with Crippen molar-refractivity contribution in [1.29, 1.82) is 0 Å². The molecule has 0 aliphatic rings. The fourth-order valence-corrected chi connectivity index (χ4v) is 4.68. The Kier molecular flexibility index (Phi) is 94.6. The molecule has 0 heterocycles. The zero-order chi connectivity index (χ0) is 74.9. The zero-order valence-corrected chi connectivity index (χ0v) is 64.7. The summed E-state index contributed by atoms with van der Waals surface area (Å²) < 4.78 is 0. The average molecular weight is 2050 g/mol. The number of hydrogen-bond donors (Lipinski definition) is 6. The van der Waals surface area contributed by atoms with Crippen molar-refractivity contribution < 1.29 is 277 Å². The maximum atomic E-state index is 11.4. The Morgan fingerprint density at radius 1 is 0.382 bits per heavy atom. The van der Waals surface area contributed by atoms with Gasteiger partial charge in [-0.3, -0.25) is 14.4 Å². The molecular weight excluding hydrogens is 1970 g/mol. The van der Waals surface area contributed by atoms with Crippen molar-refractivity contribution in [2.75, 3.05) is 28.3 Å². The second-order valence-corrected chi connectivity index (χ2v) is 17.6. The van der Waals surface area contributed by atoms with Crippen molar-refractivity contribution >= 4 is 95.4 Å². The van der Waals surface area contributed by atoms with Crippen LogP contribution in [0.25, 0.3) is 0 Å². The quantitative estimate of drug-likeness (QED) is 0.00942. The van der Waals surface area contributed by atoms with E-state index in [0.29, 0.717) is 22.3 Å². The van der Waals surface area contributed by atoms with Gasteiger partial charge in [-0.1, -0.05) is 153 Å². The zero-order valence-electron chi connectivity index (χ0n) is 57.3. The molecule has 38 nitrogen and oxygen atoms in total. The van der Waals surface area contributed by atoms with Crippen LogP contribution in [0.2, 0.25) is 0 Å². The third-order valence-electron chi connectivity index (χ3n) is 8.90. The normalized spacial score (nSPS) is 11.1. The summed E-state index contributed by atoms with van der Waals surface area (Å²) in [7, 11) is 5.38. The Bertz CT molecular complexity index is 3060. The molecule has 0 atom stereocenters. The molecule has 0 aliphatic heterocycles. The number of amides is 1. The number of benzene rings is 4. The minimum Gasteiger partial charge on any atom is -0.876 e. The molecule has 0 saturated heterocycles. The predicted octanol–water partition coefficient (Wildman–Crippen LogP) is -6.47. The number of aliphatic hydroxyl groups is 2. The standard InChI is InChI=1S/4C11H13N3O3.2C5H8O2.C3H7NO.CH2O3.2CH4O.4Er.3H2O/c4*1-7-3-4-10(15)9(5-7)6-12-13-11(16)8(2)14-17;2*1-4(6)3-5(2)7;1-4(2)3-5;2-1(3)4;2*1-2;;;;;;;/h4*3-6,15,17H,1-2H3,(H,13,16);2*3,6H,1-2H3;3H,1-2H3;(H2,2,3,4);2*2H,1H3;;;;;3*1H2/q;;;;;;;;;;4*+3;;;/p-10/b4*12-6+,14-8+;2*4-3-;;;;;;;;;;;. The van der Waals surface area contributed by atoms with Crippen molar-refractivity contribution in [3.8, 4) is 23.0 Å². The molecule has 0 saturated carbocycles. The number of oxime groups is 4. The maximum Gasteiger partial charge on any atom is 3.00 e. The summed E-state index contributed by atoms with van der Waals surface area (Å²) in [6.07, 6.45) is 5.30. The summed E-state index contributed by atoms with van der Waals surface area (Å²) in [5.41, 5.74) is 4.33. The number of carboxylic acid groups (broad SMARTS) is 2. The molecule has 4 aromatic rings. The van der Waals surface area contributed by atoms with Crippen LogP contribution in [0.1, 0.15) is 99.9 Å². The smallest absolute Gasteiger partial charge is 0.876 e. The number of ketones is 2. The molecule has 42 heteroatoms. The summed E-state index contributed by atoms with van der Waals surface area (Å²) in [5.74, 6) is -4.59. The second kappa shape index (κ2) is 77.6. The third kappa shape index (κ3) is 73.7. The largest absolute Gasteiger partial charge is 3.00 e. The molecule has 0 aliphatic carbocycles. The molecule has 1 amide bonds. The number of hydrogen-bond acceptors (Lipinski definition) is 34. The Labute approximate surface area is 706 Å². The molecule has 0 spiro atoms. The van der Waals surface area contributed by atoms with E-state index in [9.17, 15) is 65.4 Å². The van der Waals surface area contributed by atoms with Gasteiger partial charge in [-0.25, -0.2) is 0 Å². The van der Waals surface area contributed by atoms with Gasteiger partial charge >= 0.3 is 149 Å². The number of allylic oxidation sites excluding steroid dienone is 4. The minimum atomic E-state index is -2.33. The first kappa shape index (κ1) is 124. The van der Waals surface area contributed by atoms with E-state index in [0.717, 1.165) is 55.0 Å². The van der Waals surface area contributed by atoms with Crippen LogP contribution in [0, 0.1) is 177 Å². The van der Waals surface area contributed by atoms with Gasteiger partial charge in [-0.05, 0) is 110 Å². The van der Waals surface area contributed by atoms with Crippen molar-refractivity contribution in [3.63, 3.8) is 0 Å². The first-order valence-electron chi connectivity index (χ1n) is 26.0. The summed E-state index contributed by atoms with van der Waals surface area (Å²) in [6.45, 7) is 17.9. The van der Waals surface area contributed by atoms with Gasteiger partial charge in [0.2, 0.25) is 6.41 Å². The van der Waals surface area contributed by atoms with E-state index >= 15 is 0 Å². The summed E-state index contributed by atoms with van der Waals surface area (Å²) in [5, 5.41) is 211. The van der Waals surface area contributed by atoms with E-state index in [1.54, 1.807) is 62.6 Å². The Hall–Kier alpha value is -7.53. The van der Waals surface area contributed by atoms with Crippen LogP contribution >= 0.6 is 0 Å². The van der Waals surface area contributed by atoms with Gasteiger partial charge in [0.15, 0.2) is 11.6 Å². The van der Waals surface area contributed by atoms with E-state index in [-0.39, 0.29) is 235 Å². The molecular formula is C60H81Er4N13O25+2. The molecule has 102 heavy (non-hydrogen) atoms. The van der Waals surface area contributed by atoms with E-state index in [1.807, 2.05) is 27.7 Å². The number of aryl methyl sites for hydroxylation is 4. The number of aliphatic hydroxyl groups excluding tert-OH is 2. The van der Waals surface area contributed by atoms with E-state index in [2.05, 4.69) is 61.4 Å². The van der Waals surface area contributed by atoms with Gasteiger partial charge in [0.05, 0.1) is 47.7 Å². The fourth-order valence-electron chi connectivity index (χ4n) is 4.68. The molecule has 0 bridgehead atoms. The van der Waals surface area contributed by atoms with Gasteiger partial charge < -0.3 is 118 Å². The molecule has 4 aromatic carbocycles. The molecule has 4 radical (unpaired) electrons. The minimum absolute atomic E-state index is 0. The summed E-state index contributed by atoms with van der Waals surface area (Å²) in [6, 6.07) is 19.0. The van der Waals surface area contributed by atoms with Crippen molar-refractivity contribution in [2.45, 2.75) is 83.1 Å². The van der Waals surface area contributed by atoms with Crippen LogP contribution in [0.4, 0.5) is 4.79 Å². The summed E-state index contributed by atoms with van der Waals surface area (Å²) >= 11 is 0. The molecule has 0 unspecified atom stereocenters. The third-order valence-corrected chi connectivity index (χ3v) is 8.90. The van der Waals surface area contributed by atoms with Crippen molar-refractivity contribution in [2.24, 2.45) is 61.4 Å². The van der Waals surface area contributed by atoms with E-state index in [4.69, 9.17) is 46.0 Å². The number of carbonyl (C=O) groups is 4. The van der Waals surface area contributed by atoms with Crippen molar-refractivity contribution in [3.05, 3.63) is 141 Å². The number of nitrogens with zero attached hydrogens (tertiary/aromatic N) is 13. The maximum absolute atomic E-state index is 11.4. The first-order valence-corrected chi connectivity index (χ1v) is 26.0. The van der Waals surface area contributed by atoms with E-state index < -0.39 is 29.7 Å². The molecule has 0 aromatic heterocycles. The Morgan fingerprint density at radius 3 is 0.647 bits per heavy atom. The SMILES string of the molecule is CC(=N\O)/C([O-])=N/N=C/c1cc(C)ccc1[O-].CC(=N\O)/C([O-])=N/N=C/c1cc(C)ccc1[O-].CC(=N\O)/C([O-])=N/N=C/c1cc(C)ccc1[O-].CC(=N\O)/C([O-])=N/N=C/c1cc(C)ccc1[O-].CC(=O)/C=C(/C)[O-].CC(=O)/C=C(/C)[O-].CN(C)C=O.CO.CO.O.O=C([O-])[O-].[Er+3].[Er+3].[Er+3].[Er+3].[OH3+].[OH3+]. The van der Waals surface area contributed by atoms with Crippen LogP contribution < -0.4 is 61.3 Å². The monoisotopic (exact) mass is 2050 g/mol. The predicted molar refractivity (Wildman–Crippen MR) is 346 cm³/mol. The molecule has 14 N–H and O–H groups in total. The molecule has 582 valence electrons. The number of carbonyl (C=O) groups excluding carboxylic acids is 4. The van der Waals surface area contributed by atoms with Gasteiger partial charge in [-0.15, -0.1) is 11.5 Å². The van der Waals surface area contributed by atoms with Gasteiger partial charge in [-0.2, -0.15) is 40.8 Å². The fraction of sp³-hybridized carbons (Fsp3) is 0.267. The first-order chi connectivity index (χ1) is 44.4. The second-order valence-electron chi connectivity index (χ2n) is 17.6. The number of rotatable bonds is 15. The van der Waals surface area contributed by atoms with Crippen molar-refractivity contribution in [1.82, 2.24) is 4.90 Å². The van der Waals surface area contributed by atoms with Crippen LogP contribution in [-0.2, 0) is 25.3 Å². The summed E-state index contributed by atoms with van der Waals surface area (Å²) in [4.78, 5) is 39.2. The van der Waals surface area contributed by atoms with Gasteiger partial charge in [0.1, 0.15) is 0 Å². The molecule has 0 fully saturated rings. The van der Waals surface area contributed by atoms with Crippen LogP contribution in [0.15, 0.2) is 158 Å². The molecule has 4 rings (SSSR count). The average Bonchev–Trinajstić information content (AvgIpc) is 0.906. The van der Waals surface area contributed by atoms with Gasteiger partial charge in [0.25, 0.3) is 0 Å².